The van der Waals surface area contributed by atoms with Gasteiger partial charge in [-0.15, -0.1) is 0 Å². The number of benzene rings is 1. The quantitative estimate of drug-likeness (QED) is 0.674. The molecule has 0 saturated heterocycles. The average molecular weight is 156 g/mol. The summed E-state index contributed by atoms with van der Waals surface area (Å²) in [6.07, 6.45) is -1.15. The fourth-order valence-electron chi connectivity index (χ4n) is 0.774. The van der Waals surface area contributed by atoms with Gasteiger partial charge in [0.2, 0.25) is 0 Å². The number of hydrogen-bond donors (Lipinski definition) is 1. The van der Waals surface area contributed by atoms with Gasteiger partial charge in [-0.25, -0.2) is 4.39 Å². The van der Waals surface area contributed by atoms with Crippen LogP contribution in [-0.2, 0) is 4.74 Å². The highest BCUT2D eigenvalue weighted by Crippen LogP contribution is 2.12. The van der Waals surface area contributed by atoms with Gasteiger partial charge in [0.1, 0.15) is 0 Å². The normalized spacial score (nSPS) is 12.9. The van der Waals surface area contributed by atoms with Crippen molar-refractivity contribution in [2.45, 2.75) is 6.29 Å². The zero-order valence-corrected chi connectivity index (χ0v) is 5.90. The first-order valence-corrected chi connectivity index (χ1v) is 3.25. The summed E-state index contributed by atoms with van der Waals surface area (Å²) in [6, 6.07) is 8.65. The van der Waals surface area contributed by atoms with E-state index >= 15 is 0 Å². The first-order valence-electron chi connectivity index (χ1n) is 3.25. The van der Waals surface area contributed by atoms with Crippen molar-refractivity contribution in [1.82, 2.24) is 0 Å². The van der Waals surface area contributed by atoms with Crippen molar-refractivity contribution in [2.75, 3.05) is 6.86 Å². The van der Waals surface area contributed by atoms with Gasteiger partial charge in [0, 0.05) is 5.56 Å². The van der Waals surface area contributed by atoms with E-state index in [0.29, 0.717) is 5.56 Å². The molecule has 0 aliphatic rings. The molecule has 0 aliphatic heterocycles. The summed E-state index contributed by atoms with van der Waals surface area (Å²) in [5.74, 6) is 0. The molecule has 1 rings (SSSR count). The summed E-state index contributed by atoms with van der Waals surface area (Å²) in [5.41, 5.74) is 0.560. The van der Waals surface area contributed by atoms with Crippen LogP contribution in [0.1, 0.15) is 11.9 Å². The number of aliphatic hydroxyl groups excluding tert-OH is 1. The van der Waals surface area contributed by atoms with Gasteiger partial charge in [-0.1, -0.05) is 30.3 Å². The van der Waals surface area contributed by atoms with Crippen LogP contribution in [0.3, 0.4) is 0 Å². The van der Waals surface area contributed by atoms with Crippen molar-refractivity contribution in [3.63, 3.8) is 0 Å². The third-order valence-corrected chi connectivity index (χ3v) is 1.31. The topological polar surface area (TPSA) is 29.5 Å². The molecular weight excluding hydrogens is 147 g/mol. The lowest BCUT2D eigenvalue weighted by Gasteiger charge is -2.07. The van der Waals surface area contributed by atoms with Gasteiger partial charge in [-0.2, -0.15) is 0 Å². The smallest absolute Gasteiger partial charge is 0.191 e. The van der Waals surface area contributed by atoms with Crippen molar-refractivity contribution in [1.29, 1.82) is 0 Å². The maximum atomic E-state index is 11.5. The van der Waals surface area contributed by atoms with Crippen LogP contribution < -0.4 is 0 Å². The van der Waals surface area contributed by atoms with Crippen LogP contribution >= 0.6 is 0 Å². The highest BCUT2D eigenvalue weighted by Gasteiger charge is 2.04. The van der Waals surface area contributed by atoms with E-state index in [0.717, 1.165) is 0 Å². The Kier molecular flexibility index (Phi) is 3.01. The molecule has 0 aliphatic carbocycles. The van der Waals surface area contributed by atoms with Gasteiger partial charge < -0.3 is 9.84 Å². The molecule has 11 heavy (non-hydrogen) atoms. The number of halogens is 1. The molecule has 2 nitrogen and oxygen atoms in total. The van der Waals surface area contributed by atoms with Gasteiger partial charge in [0.05, 0.1) is 0 Å². The maximum Gasteiger partial charge on any atom is 0.191 e. The average Bonchev–Trinajstić information content (AvgIpc) is 2.07. The first-order chi connectivity index (χ1) is 5.34. The summed E-state index contributed by atoms with van der Waals surface area (Å²) in [4.78, 5) is 0. The molecule has 0 saturated carbocycles. The number of alkyl halides is 1. The Balaban J connectivity index is 2.61. The van der Waals surface area contributed by atoms with E-state index in [1.54, 1.807) is 24.3 Å². The molecule has 1 N–H and O–H groups in total. The van der Waals surface area contributed by atoms with Crippen LogP contribution in [0.2, 0.25) is 0 Å². The predicted molar refractivity (Wildman–Crippen MR) is 38.5 cm³/mol. The minimum absolute atomic E-state index is 0.560. The lowest BCUT2D eigenvalue weighted by Crippen LogP contribution is -2.01. The van der Waals surface area contributed by atoms with Gasteiger partial charge in [-0.05, 0) is 0 Å². The molecule has 60 valence electrons. The molecule has 0 aromatic heterocycles. The summed E-state index contributed by atoms with van der Waals surface area (Å²) < 4.78 is 15.9. The molecule has 0 radical (unpaired) electrons. The van der Waals surface area contributed by atoms with Crippen LogP contribution in [0.4, 0.5) is 4.39 Å². The number of hydrogen-bond acceptors (Lipinski definition) is 2. The Hall–Kier alpha value is -0.930. The zero-order valence-electron chi connectivity index (χ0n) is 5.90. The van der Waals surface area contributed by atoms with Crippen molar-refractivity contribution < 1.29 is 14.2 Å². The predicted octanol–water partition coefficient (Wildman–Crippen LogP) is 1.62. The van der Waals surface area contributed by atoms with E-state index in [9.17, 15) is 4.39 Å². The second-order valence-electron chi connectivity index (χ2n) is 2.04. The Morgan fingerprint density at radius 3 is 2.55 bits per heavy atom. The monoisotopic (exact) mass is 156 g/mol. The fourth-order valence-corrected chi connectivity index (χ4v) is 0.774. The Morgan fingerprint density at radius 1 is 1.36 bits per heavy atom. The highest BCUT2D eigenvalue weighted by atomic mass is 19.1. The lowest BCUT2D eigenvalue weighted by molar-refractivity contribution is -0.131. The molecule has 0 amide bonds. The zero-order chi connectivity index (χ0) is 8.10. The highest BCUT2D eigenvalue weighted by molar-refractivity contribution is 5.15. The minimum Gasteiger partial charge on any atom is -0.364 e. The molecule has 1 aromatic rings. The van der Waals surface area contributed by atoms with E-state index in [1.807, 2.05) is 6.07 Å². The standard InChI is InChI=1S/C8H9FO2/c9-6-11-8(10)7-4-2-1-3-5-7/h1-5,8,10H,6H2. The van der Waals surface area contributed by atoms with Crippen LogP contribution in [0.15, 0.2) is 30.3 Å². The van der Waals surface area contributed by atoms with Crippen molar-refractivity contribution in [3.05, 3.63) is 35.9 Å². The van der Waals surface area contributed by atoms with Crippen molar-refractivity contribution in [3.8, 4) is 0 Å². The van der Waals surface area contributed by atoms with E-state index in [2.05, 4.69) is 4.74 Å². The van der Waals surface area contributed by atoms with Gasteiger partial charge in [-0.3, -0.25) is 0 Å². The van der Waals surface area contributed by atoms with Gasteiger partial charge in [0.15, 0.2) is 13.2 Å². The summed E-state index contributed by atoms with van der Waals surface area (Å²) in [6.45, 7) is -0.976. The van der Waals surface area contributed by atoms with E-state index < -0.39 is 13.2 Å². The number of aliphatic hydroxyl groups is 1. The lowest BCUT2D eigenvalue weighted by atomic mass is 10.2. The van der Waals surface area contributed by atoms with E-state index in [-0.39, 0.29) is 0 Å². The molecule has 0 spiro atoms. The Morgan fingerprint density at radius 2 is 2.00 bits per heavy atom. The molecule has 0 bridgehead atoms. The summed E-state index contributed by atoms with van der Waals surface area (Å²) in [7, 11) is 0. The number of ether oxygens (including phenoxy) is 1. The van der Waals surface area contributed by atoms with Crippen LogP contribution in [-0.4, -0.2) is 12.0 Å². The van der Waals surface area contributed by atoms with Crippen LogP contribution in [0, 0.1) is 0 Å². The molecule has 1 aromatic carbocycles. The minimum atomic E-state index is -1.15. The largest absolute Gasteiger partial charge is 0.364 e. The Labute approximate surface area is 64.2 Å². The molecule has 3 heteroatoms. The van der Waals surface area contributed by atoms with Gasteiger partial charge >= 0.3 is 0 Å². The molecule has 0 fully saturated rings. The molecule has 1 unspecified atom stereocenters. The third kappa shape index (κ3) is 2.29. The molecule has 1 atom stereocenters. The van der Waals surface area contributed by atoms with Gasteiger partial charge in [0.25, 0.3) is 0 Å². The van der Waals surface area contributed by atoms with E-state index in [4.69, 9.17) is 5.11 Å². The maximum absolute atomic E-state index is 11.5. The number of rotatable bonds is 3. The SMILES string of the molecule is OC(OCF)c1ccccc1. The second-order valence-corrected chi connectivity index (χ2v) is 2.04. The summed E-state index contributed by atoms with van der Waals surface area (Å²) in [5, 5.41) is 9.06. The van der Waals surface area contributed by atoms with Crippen LogP contribution in [0.25, 0.3) is 0 Å². The van der Waals surface area contributed by atoms with Crippen molar-refractivity contribution >= 4 is 0 Å². The molecule has 0 heterocycles. The van der Waals surface area contributed by atoms with E-state index in [1.165, 1.54) is 0 Å². The first kappa shape index (κ1) is 8.17. The Bertz CT molecular complexity index is 201. The molecular formula is C8H9FO2. The van der Waals surface area contributed by atoms with Crippen molar-refractivity contribution in [2.24, 2.45) is 0 Å². The third-order valence-electron chi connectivity index (χ3n) is 1.31. The summed E-state index contributed by atoms with van der Waals surface area (Å²) >= 11 is 0. The van der Waals surface area contributed by atoms with Crippen LogP contribution in [0.5, 0.6) is 0 Å². The second kappa shape index (κ2) is 4.05. The fraction of sp³-hybridized carbons (Fsp3) is 0.250.